The van der Waals surface area contributed by atoms with E-state index in [2.05, 4.69) is 5.32 Å². The highest BCUT2D eigenvalue weighted by molar-refractivity contribution is 5.87. The first-order chi connectivity index (χ1) is 14.5. The number of rotatable bonds is 8. The first kappa shape index (κ1) is 21.2. The Morgan fingerprint density at radius 2 is 1.40 bits per heavy atom. The molecule has 4 nitrogen and oxygen atoms in total. The van der Waals surface area contributed by atoms with Gasteiger partial charge in [0.15, 0.2) is 0 Å². The van der Waals surface area contributed by atoms with Gasteiger partial charge in [0, 0.05) is 26.4 Å². The molecule has 0 bridgehead atoms. The van der Waals surface area contributed by atoms with E-state index in [0.717, 1.165) is 16.7 Å². The molecule has 0 fully saturated rings. The van der Waals surface area contributed by atoms with Gasteiger partial charge in [-0.2, -0.15) is 0 Å². The minimum Gasteiger partial charge on any atom is -0.350 e. The number of nitrogens with one attached hydrogen (secondary N) is 1. The van der Waals surface area contributed by atoms with Crippen LogP contribution in [0.1, 0.15) is 23.6 Å². The van der Waals surface area contributed by atoms with Crippen molar-refractivity contribution in [2.75, 3.05) is 0 Å². The first-order valence-corrected chi connectivity index (χ1v) is 9.90. The molecule has 0 aromatic heterocycles. The molecule has 0 spiro atoms. The molecule has 30 heavy (non-hydrogen) atoms. The zero-order chi connectivity index (χ0) is 21.3. The Hall–Kier alpha value is -3.47. The van der Waals surface area contributed by atoms with Gasteiger partial charge in [0.05, 0.1) is 0 Å². The van der Waals surface area contributed by atoms with Crippen LogP contribution in [-0.4, -0.2) is 22.8 Å². The van der Waals surface area contributed by atoms with Crippen LogP contribution in [0.3, 0.4) is 0 Å². The Morgan fingerprint density at radius 1 is 0.833 bits per heavy atom. The molecule has 0 saturated carbocycles. The largest absolute Gasteiger partial charge is 0.350 e. The fourth-order valence-corrected chi connectivity index (χ4v) is 3.31. The monoisotopic (exact) mass is 404 g/mol. The molecule has 0 radical (unpaired) electrons. The highest BCUT2D eigenvalue weighted by atomic mass is 19.1. The maximum absolute atomic E-state index is 13.3. The Labute approximate surface area is 176 Å². The molecule has 5 heteroatoms. The van der Waals surface area contributed by atoms with E-state index in [9.17, 15) is 14.0 Å². The molecule has 0 aliphatic heterocycles. The number of nitrogens with zero attached hydrogens (tertiary/aromatic N) is 1. The molecular weight excluding hydrogens is 379 g/mol. The molecule has 154 valence electrons. The van der Waals surface area contributed by atoms with Gasteiger partial charge < -0.3 is 10.2 Å². The molecule has 3 aromatic carbocycles. The summed E-state index contributed by atoms with van der Waals surface area (Å²) in [7, 11) is 0. The molecule has 1 N–H and O–H groups in total. The lowest BCUT2D eigenvalue weighted by Gasteiger charge is -2.30. The zero-order valence-electron chi connectivity index (χ0n) is 16.9. The van der Waals surface area contributed by atoms with Crippen LogP contribution in [0.5, 0.6) is 0 Å². The molecule has 2 amide bonds. The minimum absolute atomic E-state index is 0.213. The topological polar surface area (TPSA) is 49.4 Å². The van der Waals surface area contributed by atoms with Gasteiger partial charge >= 0.3 is 0 Å². The van der Waals surface area contributed by atoms with Gasteiger partial charge in [-0.15, -0.1) is 0 Å². The minimum atomic E-state index is -0.682. The molecule has 1 atom stereocenters. The van der Waals surface area contributed by atoms with Crippen molar-refractivity contribution >= 4 is 11.8 Å². The number of benzene rings is 3. The third kappa shape index (κ3) is 6.01. The van der Waals surface area contributed by atoms with E-state index in [1.807, 2.05) is 60.7 Å². The van der Waals surface area contributed by atoms with Crippen LogP contribution in [0.2, 0.25) is 0 Å². The van der Waals surface area contributed by atoms with Crippen LogP contribution in [0.4, 0.5) is 4.39 Å². The Balaban J connectivity index is 1.82. The lowest BCUT2D eigenvalue weighted by Crippen LogP contribution is -2.49. The van der Waals surface area contributed by atoms with Crippen molar-refractivity contribution in [3.8, 4) is 0 Å². The van der Waals surface area contributed by atoms with Crippen LogP contribution in [-0.2, 0) is 29.1 Å². The fraction of sp³-hybridized carbons (Fsp3) is 0.200. The summed E-state index contributed by atoms with van der Waals surface area (Å²) in [5, 5.41) is 2.96. The number of halogens is 1. The maximum Gasteiger partial charge on any atom is 0.243 e. The molecular formula is C25H25FN2O2. The van der Waals surface area contributed by atoms with Gasteiger partial charge in [-0.25, -0.2) is 4.39 Å². The lowest BCUT2D eigenvalue weighted by molar-refractivity contribution is -0.139. The second-order valence-corrected chi connectivity index (χ2v) is 7.18. The van der Waals surface area contributed by atoms with E-state index in [1.54, 1.807) is 17.0 Å². The van der Waals surface area contributed by atoms with Crippen LogP contribution in [0.25, 0.3) is 0 Å². The van der Waals surface area contributed by atoms with Crippen LogP contribution < -0.4 is 5.32 Å². The van der Waals surface area contributed by atoms with E-state index in [4.69, 9.17) is 0 Å². The summed E-state index contributed by atoms with van der Waals surface area (Å²) in [6, 6.07) is 24.5. The van der Waals surface area contributed by atoms with Crippen LogP contribution >= 0.6 is 0 Å². The van der Waals surface area contributed by atoms with Crippen molar-refractivity contribution in [3.05, 3.63) is 107 Å². The standard InChI is InChI=1S/C25H25FN2O2/c1-19(29)28(18-22-12-14-23(26)15-13-22)24(16-20-8-4-2-5-9-20)25(30)27-17-21-10-6-3-7-11-21/h2-15,24H,16-18H2,1H3,(H,27,30). The Bertz CT molecular complexity index is 959. The Kier molecular flexibility index (Phi) is 7.33. The maximum atomic E-state index is 13.3. The predicted octanol–water partition coefficient (Wildman–Crippen LogP) is 4.10. The quantitative estimate of drug-likeness (QED) is 0.615. The molecule has 1 unspecified atom stereocenters. The predicted molar refractivity (Wildman–Crippen MR) is 115 cm³/mol. The summed E-state index contributed by atoms with van der Waals surface area (Å²) in [6.07, 6.45) is 0.391. The molecule has 0 heterocycles. The van der Waals surface area contributed by atoms with Crippen molar-refractivity contribution in [3.63, 3.8) is 0 Å². The van der Waals surface area contributed by atoms with Gasteiger partial charge in [0.1, 0.15) is 11.9 Å². The third-order valence-corrected chi connectivity index (χ3v) is 4.93. The van der Waals surface area contributed by atoms with Gasteiger partial charge in [-0.1, -0.05) is 72.8 Å². The summed E-state index contributed by atoms with van der Waals surface area (Å²) in [5.41, 5.74) is 2.71. The number of carbonyl (C=O) groups is 2. The molecule has 3 aromatic rings. The van der Waals surface area contributed by atoms with Crippen LogP contribution in [0, 0.1) is 5.82 Å². The number of hydrogen-bond donors (Lipinski definition) is 1. The second kappa shape index (κ2) is 10.3. The summed E-state index contributed by atoms with van der Waals surface area (Å²) < 4.78 is 13.3. The van der Waals surface area contributed by atoms with E-state index in [0.29, 0.717) is 13.0 Å². The average molecular weight is 404 g/mol. The van der Waals surface area contributed by atoms with E-state index >= 15 is 0 Å². The molecule has 3 rings (SSSR count). The summed E-state index contributed by atoms with van der Waals surface area (Å²) in [4.78, 5) is 27.2. The number of amides is 2. The zero-order valence-corrected chi connectivity index (χ0v) is 16.9. The van der Waals surface area contributed by atoms with Crippen molar-refractivity contribution in [2.24, 2.45) is 0 Å². The number of hydrogen-bond acceptors (Lipinski definition) is 2. The SMILES string of the molecule is CC(=O)N(Cc1ccc(F)cc1)C(Cc1ccccc1)C(=O)NCc1ccccc1. The summed E-state index contributed by atoms with van der Waals surface area (Å²) in [6.45, 7) is 2.06. The van der Waals surface area contributed by atoms with Gasteiger partial charge in [-0.3, -0.25) is 9.59 Å². The van der Waals surface area contributed by atoms with Gasteiger partial charge in [0.2, 0.25) is 11.8 Å². The molecule has 0 aliphatic rings. The Morgan fingerprint density at radius 3 is 1.97 bits per heavy atom. The third-order valence-electron chi connectivity index (χ3n) is 4.93. The van der Waals surface area contributed by atoms with Crippen molar-refractivity contribution in [1.29, 1.82) is 0 Å². The van der Waals surface area contributed by atoms with Gasteiger partial charge in [-0.05, 0) is 28.8 Å². The van der Waals surface area contributed by atoms with E-state index < -0.39 is 6.04 Å². The van der Waals surface area contributed by atoms with Gasteiger partial charge in [0.25, 0.3) is 0 Å². The van der Waals surface area contributed by atoms with E-state index in [-0.39, 0.29) is 24.2 Å². The van der Waals surface area contributed by atoms with Crippen molar-refractivity contribution in [2.45, 2.75) is 32.5 Å². The normalized spacial score (nSPS) is 11.5. The second-order valence-electron chi connectivity index (χ2n) is 7.18. The summed E-state index contributed by atoms with van der Waals surface area (Å²) in [5.74, 6) is -0.773. The highest BCUT2D eigenvalue weighted by Gasteiger charge is 2.28. The first-order valence-electron chi connectivity index (χ1n) is 9.90. The van der Waals surface area contributed by atoms with Crippen molar-refractivity contribution < 1.29 is 14.0 Å². The lowest BCUT2D eigenvalue weighted by atomic mass is 10.0. The average Bonchev–Trinajstić information content (AvgIpc) is 2.77. The van der Waals surface area contributed by atoms with E-state index in [1.165, 1.54) is 19.1 Å². The fourth-order valence-electron chi connectivity index (χ4n) is 3.31. The highest BCUT2D eigenvalue weighted by Crippen LogP contribution is 2.15. The van der Waals surface area contributed by atoms with Crippen LogP contribution in [0.15, 0.2) is 84.9 Å². The van der Waals surface area contributed by atoms with Crippen molar-refractivity contribution in [1.82, 2.24) is 10.2 Å². The smallest absolute Gasteiger partial charge is 0.243 e. The number of carbonyl (C=O) groups excluding carboxylic acids is 2. The summed E-state index contributed by atoms with van der Waals surface area (Å²) >= 11 is 0. The molecule has 0 saturated heterocycles. The molecule has 0 aliphatic carbocycles.